The third kappa shape index (κ3) is 4.46. The minimum absolute atomic E-state index is 0.0138. The zero-order valence-corrected chi connectivity index (χ0v) is 15.8. The van der Waals surface area contributed by atoms with Crippen LogP contribution in [0.15, 0.2) is 45.8 Å². The average Bonchev–Trinajstić information content (AvgIpc) is 3.09. The van der Waals surface area contributed by atoms with Gasteiger partial charge < -0.3 is 19.1 Å². The van der Waals surface area contributed by atoms with Crippen molar-refractivity contribution >= 4 is 28.7 Å². The lowest BCUT2D eigenvalue weighted by molar-refractivity contribution is 0.282. The summed E-state index contributed by atoms with van der Waals surface area (Å²) in [6, 6.07) is 11.6. The van der Waals surface area contributed by atoms with Gasteiger partial charge in [-0.1, -0.05) is 38.1 Å². The molecule has 1 heterocycles. The number of ether oxygens (including phenoxy) is 1. The average molecular weight is 360 g/mol. The van der Waals surface area contributed by atoms with Crippen molar-refractivity contribution in [3.63, 3.8) is 0 Å². The molecule has 1 aromatic heterocycles. The van der Waals surface area contributed by atoms with Crippen molar-refractivity contribution < 1.29 is 14.4 Å². The number of anilines is 1. The Morgan fingerprint density at radius 1 is 1.16 bits per heavy atom. The van der Waals surface area contributed by atoms with Gasteiger partial charge in [0.25, 0.3) is 0 Å². The summed E-state index contributed by atoms with van der Waals surface area (Å²) in [6.45, 7) is 6.10. The zero-order chi connectivity index (χ0) is 18.2. The fraction of sp³-hybridized carbons (Fsp3) is 0.316. The number of aryl methyl sites for hydroxylation is 1. The van der Waals surface area contributed by atoms with Gasteiger partial charge in [0.05, 0.1) is 24.0 Å². The van der Waals surface area contributed by atoms with E-state index in [2.05, 4.69) is 28.9 Å². The summed E-state index contributed by atoms with van der Waals surface area (Å²) in [4.78, 5) is 0.987. The number of fused-ring (bicyclic) bond motifs is 1. The third-order valence-corrected chi connectivity index (χ3v) is 4.45. The van der Waals surface area contributed by atoms with Crippen LogP contribution in [0.3, 0.4) is 0 Å². The summed E-state index contributed by atoms with van der Waals surface area (Å²) >= 11 is 1.43. The Morgan fingerprint density at radius 3 is 2.60 bits per heavy atom. The second-order valence-electron chi connectivity index (χ2n) is 5.06. The highest BCUT2D eigenvalue weighted by molar-refractivity contribution is 8.00. The number of methoxy groups -OCH3 is 1. The van der Waals surface area contributed by atoms with E-state index >= 15 is 0 Å². The van der Waals surface area contributed by atoms with Gasteiger partial charge in [0, 0.05) is 0 Å². The summed E-state index contributed by atoms with van der Waals surface area (Å²) < 4.78 is 13.9. The quantitative estimate of drug-likeness (QED) is 0.601. The molecule has 0 unspecified atom stereocenters. The molecule has 0 bridgehead atoms. The highest BCUT2D eigenvalue weighted by atomic mass is 32.2. The van der Waals surface area contributed by atoms with Crippen molar-refractivity contribution in [1.82, 2.24) is 5.16 Å². The number of hydrogen-bond acceptors (Lipinski definition) is 6. The van der Waals surface area contributed by atoms with E-state index in [-0.39, 0.29) is 6.61 Å². The molecule has 134 valence electrons. The predicted octanol–water partition coefficient (Wildman–Crippen LogP) is 5.04. The van der Waals surface area contributed by atoms with Gasteiger partial charge in [0.2, 0.25) is 0 Å². The molecule has 3 rings (SSSR count). The Bertz CT molecular complexity index is 818. The number of hydrogen-bond donors (Lipinski definition) is 2. The molecule has 0 saturated heterocycles. The number of nitrogens with one attached hydrogen (secondary N) is 1. The summed E-state index contributed by atoms with van der Waals surface area (Å²) in [7, 11) is 1.66. The Hall–Kier alpha value is -2.18. The van der Waals surface area contributed by atoms with E-state index in [9.17, 15) is 5.11 Å². The molecular formula is C19H24N2O3S. The number of benzene rings is 2. The highest BCUT2D eigenvalue weighted by Crippen LogP contribution is 2.33. The van der Waals surface area contributed by atoms with E-state index in [0.717, 1.165) is 28.0 Å². The van der Waals surface area contributed by atoms with E-state index in [1.54, 1.807) is 7.11 Å². The fourth-order valence-corrected chi connectivity index (χ4v) is 3.10. The number of rotatable bonds is 6. The molecule has 0 saturated carbocycles. The molecule has 3 aromatic rings. The maximum absolute atomic E-state index is 9.27. The Kier molecular flexibility index (Phi) is 7.16. The third-order valence-electron chi connectivity index (χ3n) is 3.61. The van der Waals surface area contributed by atoms with Crippen LogP contribution in [0, 0.1) is 0 Å². The number of aliphatic hydroxyl groups is 1. The van der Waals surface area contributed by atoms with Crippen LogP contribution < -0.4 is 9.46 Å². The van der Waals surface area contributed by atoms with Gasteiger partial charge in [-0.05, 0) is 53.8 Å². The second-order valence-corrected chi connectivity index (χ2v) is 5.91. The van der Waals surface area contributed by atoms with Crippen LogP contribution in [0.25, 0.3) is 11.0 Å². The maximum atomic E-state index is 9.27. The summed E-state index contributed by atoms with van der Waals surface area (Å²) in [5, 5.41) is 14.2. The number of aromatic nitrogens is 1. The molecule has 0 aliphatic rings. The van der Waals surface area contributed by atoms with Crippen molar-refractivity contribution in [3.8, 4) is 5.75 Å². The first-order valence-corrected chi connectivity index (χ1v) is 9.15. The van der Waals surface area contributed by atoms with Crippen LogP contribution in [0.4, 0.5) is 5.82 Å². The molecule has 0 aliphatic heterocycles. The molecule has 2 N–H and O–H groups in total. The summed E-state index contributed by atoms with van der Waals surface area (Å²) in [5.74, 6) is 1.44. The van der Waals surface area contributed by atoms with Crippen molar-refractivity contribution in [2.45, 2.75) is 38.7 Å². The first-order valence-electron chi connectivity index (χ1n) is 8.34. The van der Waals surface area contributed by atoms with Crippen molar-refractivity contribution in [1.29, 1.82) is 0 Å². The Balaban J connectivity index is 0.00000109. The Morgan fingerprint density at radius 2 is 1.92 bits per heavy atom. The molecule has 6 heteroatoms. The molecule has 0 aliphatic carbocycles. The molecule has 5 nitrogen and oxygen atoms in total. The van der Waals surface area contributed by atoms with Crippen molar-refractivity contribution in [3.05, 3.63) is 47.5 Å². The summed E-state index contributed by atoms with van der Waals surface area (Å²) in [5.41, 5.74) is 2.74. The molecule has 0 fully saturated rings. The van der Waals surface area contributed by atoms with Crippen LogP contribution in [0.5, 0.6) is 5.75 Å². The lowest BCUT2D eigenvalue weighted by Crippen LogP contribution is -1.93. The van der Waals surface area contributed by atoms with E-state index in [1.807, 2.05) is 38.1 Å². The van der Waals surface area contributed by atoms with Crippen LogP contribution in [0.2, 0.25) is 0 Å². The normalized spacial score (nSPS) is 10.3. The second kappa shape index (κ2) is 9.34. The number of aliphatic hydroxyl groups excluding tert-OH is 1. The fourth-order valence-electron chi connectivity index (χ4n) is 2.28. The largest absolute Gasteiger partial charge is 0.496 e. The van der Waals surface area contributed by atoms with E-state index in [0.29, 0.717) is 11.4 Å². The van der Waals surface area contributed by atoms with Crippen LogP contribution >= 0.6 is 11.9 Å². The first-order chi connectivity index (χ1) is 12.2. The molecule has 25 heavy (non-hydrogen) atoms. The van der Waals surface area contributed by atoms with Crippen LogP contribution in [-0.4, -0.2) is 17.4 Å². The lowest BCUT2D eigenvalue weighted by Gasteiger charge is -2.10. The topological polar surface area (TPSA) is 67.5 Å². The van der Waals surface area contributed by atoms with E-state index in [4.69, 9.17) is 9.26 Å². The SMILES string of the molecule is CC.CCc1ccc(OC)c(SNc2noc3ccc(CO)cc23)c1. The maximum Gasteiger partial charge on any atom is 0.187 e. The zero-order valence-electron chi connectivity index (χ0n) is 15.0. The van der Waals surface area contributed by atoms with Crippen molar-refractivity contribution in [2.75, 3.05) is 11.8 Å². The molecule has 0 amide bonds. The van der Waals surface area contributed by atoms with Gasteiger partial charge in [0.1, 0.15) is 5.75 Å². The minimum Gasteiger partial charge on any atom is -0.496 e. The molecule has 0 radical (unpaired) electrons. The predicted molar refractivity (Wildman–Crippen MR) is 103 cm³/mol. The first kappa shape index (κ1) is 19.1. The minimum atomic E-state index is -0.0138. The smallest absolute Gasteiger partial charge is 0.187 e. The van der Waals surface area contributed by atoms with E-state index in [1.165, 1.54) is 17.5 Å². The van der Waals surface area contributed by atoms with Gasteiger partial charge in [-0.25, -0.2) is 0 Å². The molecule has 2 aromatic carbocycles. The van der Waals surface area contributed by atoms with Gasteiger partial charge in [-0.15, -0.1) is 0 Å². The van der Waals surface area contributed by atoms with Crippen LogP contribution in [-0.2, 0) is 13.0 Å². The monoisotopic (exact) mass is 360 g/mol. The highest BCUT2D eigenvalue weighted by Gasteiger charge is 2.11. The standard InChI is InChI=1S/C17H18N2O3S.C2H6/c1-3-11-4-7-15(21-2)16(9-11)23-19-17-13-8-12(10-20)5-6-14(13)22-18-17;1-2/h4-9,20H,3,10H2,1-2H3,(H,18,19);1-2H3. The van der Waals surface area contributed by atoms with E-state index < -0.39 is 0 Å². The molecule has 0 spiro atoms. The lowest BCUT2D eigenvalue weighted by atomic mass is 10.2. The Labute approximate surface area is 152 Å². The summed E-state index contributed by atoms with van der Waals surface area (Å²) in [6.07, 6.45) is 0.963. The number of nitrogens with zero attached hydrogens (tertiary/aromatic N) is 1. The molecule has 0 atom stereocenters. The van der Waals surface area contributed by atoms with Crippen molar-refractivity contribution in [2.24, 2.45) is 0 Å². The molecular weight excluding hydrogens is 336 g/mol. The van der Waals surface area contributed by atoms with Gasteiger partial charge in [0.15, 0.2) is 11.4 Å². The van der Waals surface area contributed by atoms with Gasteiger partial charge in [-0.3, -0.25) is 0 Å². The van der Waals surface area contributed by atoms with Crippen LogP contribution in [0.1, 0.15) is 31.9 Å². The van der Waals surface area contributed by atoms with Gasteiger partial charge in [-0.2, -0.15) is 0 Å². The van der Waals surface area contributed by atoms with Gasteiger partial charge >= 0.3 is 0 Å².